The standard InChI is InChI=1S/C28H50O10/c1-25(13-9-21(35-25)27(3)15-11-23(29)37-27)19(33-17-31-5)7-8-20(34-18-32-6)26(2)14-10-22(36-26)28(4)16-12-24(30)38-28/h19-24,29-30H,7-18H2,1-6H3/t19-,20-,21-,22-,23?,24?,25+,26+,27+,28+/m1/s1. The third kappa shape index (κ3) is 6.56. The van der Waals surface area contributed by atoms with Crippen molar-refractivity contribution in [2.45, 2.75) is 151 Å². The molecular weight excluding hydrogens is 496 g/mol. The van der Waals surface area contributed by atoms with E-state index < -0.39 is 35.0 Å². The summed E-state index contributed by atoms with van der Waals surface area (Å²) in [5.41, 5.74) is -2.06. The molecule has 38 heavy (non-hydrogen) atoms. The molecule has 4 fully saturated rings. The van der Waals surface area contributed by atoms with E-state index in [4.69, 9.17) is 37.9 Å². The SMILES string of the molecule is COCO[C@H](CC[C@@H](OCOC)[C@]1(C)CC[C@H]([C@]2(C)CCC(O)O2)O1)[C@]1(C)CC[C@H]([C@]2(C)CCC(O)O2)O1. The van der Waals surface area contributed by atoms with Gasteiger partial charge >= 0.3 is 0 Å². The lowest BCUT2D eigenvalue weighted by Gasteiger charge is -2.40. The highest BCUT2D eigenvalue weighted by Gasteiger charge is 2.54. The van der Waals surface area contributed by atoms with Crippen LogP contribution in [0.15, 0.2) is 0 Å². The summed E-state index contributed by atoms with van der Waals surface area (Å²) in [4.78, 5) is 0. The number of methoxy groups -OCH3 is 2. The molecule has 4 aliphatic rings. The number of hydrogen-bond acceptors (Lipinski definition) is 10. The fourth-order valence-corrected chi connectivity index (χ4v) is 6.94. The van der Waals surface area contributed by atoms with E-state index in [9.17, 15) is 10.2 Å². The molecule has 4 aliphatic heterocycles. The molecule has 0 radical (unpaired) electrons. The van der Waals surface area contributed by atoms with Gasteiger partial charge < -0.3 is 48.1 Å². The lowest BCUT2D eigenvalue weighted by molar-refractivity contribution is -0.224. The average molecular weight is 547 g/mol. The highest BCUT2D eigenvalue weighted by Crippen LogP contribution is 2.47. The second kappa shape index (κ2) is 12.2. The Hall–Kier alpha value is -0.400. The van der Waals surface area contributed by atoms with Crippen LogP contribution in [0.4, 0.5) is 0 Å². The summed E-state index contributed by atoms with van der Waals surface area (Å²) in [6.45, 7) is 8.58. The number of aliphatic hydroxyl groups is 2. The van der Waals surface area contributed by atoms with Gasteiger partial charge in [-0.3, -0.25) is 0 Å². The lowest BCUT2D eigenvalue weighted by Crippen LogP contribution is -2.48. The van der Waals surface area contributed by atoms with Gasteiger partial charge in [0.25, 0.3) is 0 Å². The summed E-state index contributed by atoms with van der Waals surface area (Å²) in [5, 5.41) is 19.9. The van der Waals surface area contributed by atoms with Crippen molar-refractivity contribution in [3.8, 4) is 0 Å². The first-order chi connectivity index (χ1) is 18.0. The quantitative estimate of drug-likeness (QED) is 0.333. The maximum Gasteiger partial charge on any atom is 0.155 e. The van der Waals surface area contributed by atoms with Crippen molar-refractivity contribution < 1.29 is 48.1 Å². The predicted octanol–water partition coefficient (Wildman–Crippen LogP) is 3.40. The average Bonchev–Trinajstić information content (AvgIpc) is 3.64. The van der Waals surface area contributed by atoms with Crippen molar-refractivity contribution in [3.05, 3.63) is 0 Å². The van der Waals surface area contributed by atoms with Crippen LogP contribution in [-0.2, 0) is 37.9 Å². The largest absolute Gasteiger partial charge is 0.368 e. The van der Waals surface area contributed by atoms with Crippen molar-refractivity contribution in [3.63, 3.8) is 0 Å². The van der Waals surface area contributed by atoms with Gasteiger partial charge in [0.15, 0.2) is 12.6 Å². The van der Waals surface area contributed by atoms with Crippen LogP contribution >= 0.6 is 0 Å². The molecule has 0 aliphatic carbocycles. The molecule has 0 amide bonds. The third-order valence-corrected chi connectivity index (χ3v) is 9.40. The molecule has 0 bridgehead atoms. The molecule has 4 heterocycles. The molecule has 0 saturated carbocycles. The monoisotopic (exact) mass is 546 g/mol. The normalized spacial score (nSPS) is 45.2. The summed E-state index contributed by atoms with van der Waals surface area (Å²) in [6, 6.07) is 0. The van der Waals surface area contributed by atoms with Crippen molar-refractivity contribution in [1.82, 2.24) is 0 Å². The number of hydrogen-bond donors (Lipinski definition) is 2. The second-order valence-corrected chi connectivity index (χ2v) is 12.5. The summed E-state index contributed by atoms with van der Waals surface area (Å²) >= 11 is 0. The highest BCUT2D eigenvalue weighted by atomic mass is 16.7. The van der Waals surface area contributed by atoms with Crippen LogP contribution in [0, 0.1) is 0 Å². The molecule has 0 aromatic carbocycles. The van der Waals surface area contributed by atoms with Crippen molar-refractivity contribution in [1.29, 1.82) is 0 Å². The van der Waals surface area contributed by atoms with Crippen LogP contribution in [0.1, 0.15) is 91.9 Å². The fourth-order valence-electron chi connectivity index (χ4n) is 6.94. The van der Waals surface area contributed by atoms with Gasteiger partial charge in [-0.2, -0.15) is 0 Å². The van der Waals surface area contributed by atoms with Gasteiger partial charge in [-0.15, -0.1) is 0 Å². The van der Waals surface area contributed by atoms with Gasteiger partial charge in [0.2, 0.25) is 0 Å². The first kappa shape index (κ1) is 30.6. The minimum absolute atomic E-state index is 0.113. The Morgan fingerprint density at radius 1 is 0.632 bits per heavy atom. The Bertz CT molecular complexity index is 708. The van der Waals surface area contributed by atoms with Crippen molar-refractivity contribution in [2.75, 3.05) is 27.8 Å². The van der Waals surface area contributed by atoms with Crippen LogP contribution in [0.5, 0.6) is 0 Å². The van der Waals surface area contributed by atoms with E-state index in [1.54, 1.807) is 14.2 Å². The van der Waals surface area contributed by atoms with Crippen LogP contribution < -0.4 is 0 Å². The summed E-state index contributed by atoms with van der Waals surface area (Å²) in [5.74, 6) is 0. The molecule has 2 unspecified atom stereocenters. The third-order valence-electron chi connectivity index (χ3n) is 9.40. The summed E-state index contributed by atoms with van der Waals surface area (Å²) in [7, 11) is 3.24. The van der Waals surface area contributed by atoms with Crippen LogP contribution in [0.3, 0.4) is 0 Å². The van der Waals surface area contributed by atoms with Crippen molar-refractivity contribution >= 4 is 0 Å². The Morgan fingerprint density at radius 3 is 1.34 bits per heavy atom. The molecule has 10 nitrogen and oxygen atoms in total. The molecule has 222 valence electrons. The molecule has 4 saturated heterocycles. The smallest absolute Gasteiger partial charge is 0.155 e. The van der Waals surface area contributed by atoms with E-state index in [1.165, 1.54) is 0 Å². The first-order valence-corrected chi connectivity index (χ1v) is 14.2. The highest BCUT2D eigenvalue weighted by molar-refractivity contribution is 5.03. The summed E-state index contributed by atoms with van der Waals surface area (Å²) in [6.07, 6.45) is 5.29. The second-order valence-electron chi connectivity index (χ2n) is 12.5. The van der Waals surface area contributed by atoms with Crippen LogP contribution in [0.2, 0.25) is 0 Å². The Balaban J connectivity index is 1.43. The number of aliphatic hydroxyl groups excluding tert-OH is 2. The minimum Gasteiger partial charge on any atom is -0.368 e. The zero-order valence-electron chi connectivity index (χ0n) is 24.1. The Kier molecular flexibility index (Phi) is 9.83. The molecule has 0 aromatic rings. The minimum atomic E-state index is -0.731. The van der Waals surface area contributed by atoms with E-state index in [2.05, 4.69) is 13.8 Å². The van der Waals surface area contributed by atoms with Crippen LogP contribution in [-0.4, -0.2) is 97.4 Å². The van der Waals surface area contributed by atoms with Gasteiger partial charge in [0.05, 0.1) is 46.8 Å². The van der Waals surface area contributed by atoms with E-state index in [0.29, 0.717) is 25.7 Å². The molecule has 0 aromatic heterocycles. The Morgan fingerprint density at radius 2 is 1.03 bits per heavy atom. The molecule has 2 N–H and O–H groups in total. The predicted molar refractivity (Wildman–Crippen MR) is 137 cm³/mol. The van der Waals surface area contributed by atoms with Gasteiger partial charge in [-0.25, -0.2) is 0 Å². The zero-order valence-corrected chi connectivity index (χ0v) is 24.1. The van der Waals surface area contributed by atoms with E-state index >= 15 is 0 Å². The van der Waals surface area contributed by atoms with Crippen molar-refractivity contribution in [2.24, 2.45) is 0 Å². The fraction of sp³-hybridized carbons (Fsp3) is 1.00. The van der Waals surface area contributed by atoms with E-state index in [-0.39, 0.29) is 38.0 Å². The van der Waals surface area contributed by atoms with E-state index in [0.717, 1.165) is 38.5 Å². The zero-order chi connectivity index (χ0) is 27.6. The van der Waals surface area contributed by atoms with Gasteiger partial charge in [0.1, 0.15) is 13.6 Å². The first-order valence-electron chi connectivity index (χ1n) is 14.2. The number of ether oxygens (including phenoxy) is 8. The molecule has 10 atom stereocenters. The molecule has 0 spiro atoms. The summed E-state index contributed by atoms with van der Waals surface area (Å²) < 4.78 is 48.0. The maximum atomic E-state index is 9.97. The lowest BCUT2D eigenvalue weighted by atomic mass is 9.86. The molecule has 10 heteroatoms. The van der Waals surface area contributed by atoms with Gasteiger partial charge in [-0.05, 0) is 79.1 Å². The molecular formula is C28H50O10. The molecule has 4 rings (SSSR count). The van der Waals surface area contributed by atoms with Crippen LogP contribution in [0.25, 0.3) is 0 Å². The number of rotatable bonds is 13. The Labute approximate surface area is 227 Å². The van der Waals surface area contributed by atoms with Gasteiger partial charge in [-0.1, -0.05) is 0 Å². The topological polar surface area (TPSA) is 114 Å². The van der Waals surface area contributed by atoms with Gasteiger partial charge in [0, 0.05) is 27.1 Å². The maximum absolute atomic E-state index is 9.97. The van der Waals surface area contributed by atoms with E-state index in [1.807, 2.05) is 13.8 Å².